The van der Waals surface area contributed by atoms with Crippen LogP contribution in [0, 0.1) is 0 Å². The van der Waals surface area contributed by atoms with Gasteiger partial charge in [0.2, 0.25) is 0 Å². The van der Waals surface area contributed by atoms with Crippen LogP contribution in [0.15, 0.2) is 59.0 Å². The molecule has 0 amide bonds. The summed E-state index contributed by atoms with van der Waals surface area (Å²) < 4.78 is 7.37. The first kappa shape index (κ1) is 41.2. The molecule has 1 aromatic heterocycles. The zero-order valence-corrected chi connectivity index (χ0v) is 40.1. The van der Waals surface area contributed by atoms with Crippen LogP contribution in [0.5, 0.6) is 0 Å². The molecule has 9 aromatic carbocycles. The number of benzene rings is 9. The van der Waals surface area contributed by atoms with Crippen molar-refractivity contribution in [2.24, 2.45) is 0 Å². The standard InChI is InChI=1S/C44H43B17O/c45-26-22-23(33(52)42(61)41(60)32(22)51)36(55)43-24(26)25-34(53)31(50)21(35(54)44(25)62-43)16-19-17(27(46)37(56)39(58)29(19)48)15(18-20(16)30(49)40(59)38(57)28(18)47)14-9-10-5-1-2-6-11(10)12-7-3-4-8-13(12)14/h1-9H,45-61H2. The van der Waals surface area contributed by atoms with E-state index in [-0.39, 0.29) is 0 Å². The van der Waals surface area contributed by atoms with Gasteiger partial charge in [0, 0.05) is 10.8 Å². The zero-order valence-electron chi connectivity index (χ0n) is 40.1. The maximum Gasteiger partial charge on any atom is 0.145 e. The van der Waals surface area contributed by atoms with Gasteiger partial charge in [0.05, 0.1) is 0 Å². The van der Waals surface area contributed by atoms with Crippen LogP contribution in [0.1, 0.15) is 0 Å². The van der Waals surface area contributed by atoms with Gasteiger partial charge in [0.15, 0.2) is 0 Å². The summed E-state index contributed by atoms with van der Waals surface area (Å²) in [5.74, 6) is 0. The predicted molar refractivity (Wildman–Crippen MR) is 331 cm³/mol. The van der Waals surface area contributed by atoms with E-state index in [1.807, 2.05) is 0 Å². The van der Waals surface area contributed by atoms with Crippen LogP contribution in [0.4, 0.5) is 0 Å². The molecule has 18 heteroatoms. The fourth-order valence-electron chi connectivity index (χ4n) is 12.2. The molecule has 0 spiro atoms. The Labute approximate surface area is 381 Å². The van der Waals surface area contributed by atoms with Crippen molar-refractivity contribution < 1.29 is 4.42 Å². The minimum atomic E-state index is 1.02. The minimum Gasteiger partial charge on any atom is -0.457 e. The SMILES string of the molecule is Bc1c(B)c(B)c2c(B)c3c(oc4c(B)c(-c5c6c(B)c(B)c(B)c(B)c6c(-c6cc7ccccc7c7ccccc67)c6c(B)c(B)c(B)c(B)c56)c(B)c(B)c43)c(B)c2c1B. The highest BCUT2D eigenvalue weighted by molar-refractivity contribution is 6.75. The second-order valence-corrected chi connectivity index (χ2v) is 19.2. The smallest absolute Gasteiger partial charge is 0.145 e. The average Bonchev–Trinajstić information content (AvgIpc) is 3.69. The highest BCUT2D eigenvalue weighted by Crippen LogP contribution is 2.44. The number of rotatable bonds is 2. The Morgan fingerprint density at radius 3 is 1.15 bits per heavy atom. The van der Waals surface area contributed by atoms with Crippen molar-refractivity contribution in [3.8, 4) is 22.3 Å². The van der Waals surface area contributed by atoms with Crippen LogP contribution in [0.3, 0.4) is 0 Å². The van der Waals surface area contributed by atoms with E-state index >= 15 is 0 Å². The van der Waals surface area contributed by atoms with E-state index in [0.717, 1.165) is 11.2 Å². The maximum absolute atomic E-state index is 7.37. The third kappa shape index (κ3) is 5.16. The van der Waals surface area contributed by atoms with Gasteiger partial charge >= 0.3 is 0 Å². The molecule has 0 saturated carbocycles. The largest absolute Gasteiger partial charge is 0.457 e. The van der Waals surface area contributed by atoms with Crippen LogP contribution in [-0.2, 0) is 0 Å². The van der Waals surface area contributed by atoms with Gasteiger partial charge in [-0.1, -0.05) is 97.7 Å². The van der Waals surface area contributed by atoms with Gasteiger partial charge in [-0.15, -0.1) is 32.8 Å². The zero-order chi connectivity index (χ0) is 44.3. The molecule has 0 unspecified atom stereocenters. The van der Waals surface area contributed by atoms with Crippen molar-refractivity contribution in [3.05, 3.63) is 54.6 Å². The second-order valence-electron chi connectivity index (χ2n) is 19.2. The predicted octanol–water partition coefficient (Wildman–Crippen LogP) is -16.9. The molecule has 0 bridgehead atoms. The van der Waals surface area contributed by atoms with Gasteiger partial charge < -0.3 is 4.42 Å². The molecule has 10 aromatic rings. The van der Waals surface area contributed by atoms with Crippen molar-refractivity contribution in [2.45, 2.75) is 0 Å². The summed E-state index contributed by atoms with van der Waals surface area (Å²) in [5.41, 5.74) is 30.3. The summed E-state index contributed by atoms with van der Waals surface area (Å²) >= 11 is 0. The van der Waals surface area contributed by atoms with E-state index < -0.39 is 0 Å². The van der Waals surface area contributed by atoms with Crippen molar-refractivity contribution in [1.29, 1.82) is 0 Å². The molecule has 0 aliphatic carbocycles. The van der Waals surface area contributed by atoms with Crippen LogP contribution < -0.4 is 92.9 Å². The normalized spacial score (nSPS) is 12.0. The Morgan fingerprint density at radius 1 is 0.258 bits per heavy atom. The molecule has 0 fully saturated rings. The van der Waals surface area contributed by atoms with Crippen molar-refractivity contribution in [3.63, 3.8) is 0 Å². The van der Waals surface area contributed by atoms with Gasteiger partial charge in [-0.25, -0.2) is 0 Å². The molecule has 1 nitrogen and oxygen atoms in total. The molecule has 0 N–H and O–H groups in total. The topological polar surface area (TPSA) is 13.1 Å². The maximum atomic E-state index is 7.37. The number of hydrogen-bond acceptors (Lipinski definition) is 1. The molecule has 62 heavy (non-hydrogen) atoms. The number of fused-ring (bicyclic) bond motifs is 9. The Bertz CT molecular complexity index is 3700. The van der Waals surface area contributed by atoms with Crippen molar-refractivity contribution in [2.75, 3.05) is 0 Å². The molecule has 1 heterocycles. The Balaban J connectivity index is 1.49. The van der Waals surface area contributed by atoms with Crippen LogP contribution in [0.25, 0.3) is 98.1 Å². The lowest BCUT2D eigenvalue weighted by molar-refractivity contribution is 0.675. The Hall–Kier alpha value is -4.82. The molecule has 276 valence electrons. The molecule has 0 atom stereocenters. The molecule has 0 aliphatic heterocycles. The summed E-state index contributed by atoms with van der Waals surface area (Å²) in [7, 11) is 39.8. The average molecular weight is 772 g/mol. The van der Waals surface area contributed by atoms with Crippen LogP contribution >= 0.6 is 0 Å². The van der Waals surface area contributed by atoms with E-state index in [2.05, 4.69) is 188 Å². The van der Waals surface area contributed by atoms with E-state index in [0.29, 0.717) is 0 Å². The molecule has 0 aliphatic rings. The van der Waals surface area contributed by atoms with E-state index in [1.165, 1.54) is 180 Å². The van der Waals surface area contributed by atoms with E-state index in [9.17, 15) is 0 Å². The van der Waals surface area contributed by atoms with Crippen LogP contribution in [0.2, 0.25) is 0 Å². The third-order valence-electron chi connectivity index (χ3n) is 16.8. The lowest BCUT2D eigenvalue weighted by Gasteiger charge is -2.30. The summed E-state index contributed by atoms with van der Waals surface area (Å²) in [4.78, 5) is 0. The molecular weight excluding hydrogens is 728 g/mol. The summed E-state index contributed by atoms with van der Waals surface area (Å²) in [6, 6.07) is 20.5. The Morgan fingerprint density at radius 2 is 0.629 bits per heavy atom. The third-order valence-corrected chi connectivity index (χ3v) is 16.8. The van der Waals surface area contributed by atoms with E-state index in [1.54, 1.807) is 0 Å². The van der Waals surface area contributed by atoms with Gasteiger partial charge in [-0.3, -0.25) is 0 Å². The summed E-state index contributed by atoms with van der Waals surface area (Å²) in [5, 5.41) is 15.9. The number of hydrogen-bond donors (Lipinski definition) is 0. The molecular formula is C44H43B17O. The second kappa shape index (κ2) is 14.1. The van der Waals surface area contributed by atoms with Crippen LogP contribution in [-0.4, -0.2) is 133 Å². The van der Waals surface area contributed by atoms with E-state index in [4.69, 9.17) is 4.42 Å². The quantitative estimate of drug-likeness (QED) is 0.0969. The summed E-state index contributed by atoms with van der Waals surface area (Å²) in [6.07, 6.45) is 0. The van der Waals surface area contributed by atoms with Gasteiger partial charge in [-0.2, -0.15) is 0 Å². The molecule has 10 rings (SSSR count). The highest BCUT2D eigenvalue weighted by Gasteiger charge is 2.30. The highest BCUT2D eigenvalue weighted by atomic mass is 16.3. The lowest BCUT2D eigenvalue weighted by Crippen LogP contribution is -2.50. The monoisotopic (exact) mass is 774 g/mol. The first-order valence-electron chi connectivity index (χ1n) is 22.6. The fraction of sp³-hybridized carbons (Fsp3) is 0. The van der Waals surface area contributed by atoms with Gasteiger partial charge in [0.1, 0.15) is 145 Å². The number of furan rings is 1. The van der Waals surface area contributed by atoms with Gasteiger partial charge in [-0.05, 0) is 93.1 Å². The molecule has 0 saturated heterocycles. The van der Waals surface area contributed by atoms with Crippen molar-refractivity contribution >= 4 is 302 Å². The minimum absolute atomic E-state index is 1.02. The lowest BCUT2D eigenvalue weighted by atomic mass is 9.58. The fourth-order valence-corrected chi connectivity index (χ4v) is 12.2. The van der Waals surface area contributed by atoms with Gasteiger partial charge in [0.25, 0.3) is 0 Å². The van der Waals surface area contributed by atoms with Crippen molar-refractivity contribution in [1.82, 2.24) is 0 Å². The first-order valence-corrected chi connectivity index (χ1v) is 22.6. The Kier molecular flexibility index (Phi) is 9.37. The first-order chi connectivity index (χ1) is 29.4. The summed E-state index contributed by atoms with van der Waals surface area (Å²) in [6.45, 7) is 0. The molecule has 0 radical (unpaired) electrons.